The Hall–Kier alpha value is -1.64. The van der Waals surface area contributed by atoms with E-state index in [2.05, 4.69) is 10.6 Å². The van der Waals surface area contributed by atoms with Crippen LogP contribution in [0.15, 0.2) is 23.1 Å². The minimum absolute atomic E-state index is 0.0542. The van der Waals surface area contributed by atoms with Crippen molar-refractivity contribution in [2.24, 2.45) is 0 Å². The van der Waals surface area contributed by atoms with Crippen LogP contribution in [0.2, 0.25) is 5.02 Å². The smallest absolute Gasteiger partial charge is 0.251 e. The monoisotopic (exact) mass is 429 g/mol. The molecule has 0 unspecified atom stereocenters. The zero-order valence-electron chi connectivity index (χ0n) is 16.3. The molecule has 1 aliphatic carbocycles. The van der Waals surface area contributed by atoms with Gasteiger partial charge in [0, 0.05) is 24.7 Å². The van der Waals surface area contributed by atoms with Crippen molar-refractivity contribution >= 4 is 33.4 Å². The normalized spacial score (nSPS) is 15.4. The summed E-state index contributed by atoms with van der Waals surface area (Å²) in [6.07, 6.45) is 5.32. The molecule has 0 spiro atoms. The zero-order valence-corrected chi connectivity index (χ0v) is 17.9. The largest absolute Gasteiger partial charge is 0.352 e. The van der Waals surface area contributed by atoms with E-state index < -0.39 is 15.9 Å². The summed E-state index contributed by atoms with van der Waals surface area (Å²) in [4.78, 5) is 24.3. The molecule has 0 aliphatic heterocycles. The molecule has 0 atom stereocenters. The van der Waals surface area contributed by atoms with Crippen LogP contribution < -0.4 is 10.6 Å². The molecule has 1 aliphatic rings. The highest BCUT2D eigenvalue weighted by molar-refractivity contribution is 7.89. The van der Waals surface area contributed by atoms with Gasteiger partial charge in [-0.2, -0.15) is 4.31 Å². The number of sulfonamides is 1. The van der Waals surface area contributed by atoms with E-state index in [9.17, 15) is 18.0 Å². The summed E-state index contributed by atoms with van der Waals surface area (Å²) in [5.74, 6) is -0.767. The van der Waals surface area contributed by atoms with E-state index in [1.54, 1.807) is 13.8 Å². The van der Waals surface area contributed by atoms with E-state index in [4.69, 9.17) is 11.6 Å². The number of nitrogens with one attached hydrogen (secondary N) is 2. The molecule has 28 heavy (non-hydrogen) atoms. The summed E-state index contributed by atoms with van der Waals surface area (Å²) >= 11 is 6.08. The zero-order chi connectivity index (χ0) is 20.7. The molecular formula is C19H28ClN3O4S. The second-order valence-electron chi connectivity index (χ2n) is 6.82. The molecule has 1 aromatic rings. The van der Waals surface area contributed by atoms with Crippen LogP contribution in [0.5, 0.6) is 0 Å². The van der Waals surface area contributed by atoms with Crippen molar-refractivity contribution in [2.75, 3.05) is 19.6 Å². The molecule has 0 aromatic heterocycles. The Labute approximate surface area is 171 Å². The number of amides is 2. The van der Waals surface area contributed by atoms with Gasteiger partial charge in [-0.15, -0.1) is 0 Å². The van der Waals surface area contributed by atoms with Crippen molar-refractivity contribution in [1.29, 1.82) is 0 Å². The molecule has 1 aromatic carbocycles. The highest BCUT2D eigenvalue weighted by Crippen LogP contribution is 2.26. The van der Waals surface area contributed by atoms with Crippen molar-refractivity contribution in [2.45, 2.75) is 56.9 Å². The molecule has 9 heteroatoms. The highest BCUT2D eigenvalue weighted by Gasteiger charge is 2.25. The van der Waals surface area contributed by atoms with Gasteiger partial charge in [0.05, 0.1) is 11.6 Å². The molecule has 0 bridgehead atoms. The maximum atomic E-state index is 12.7. The fourth-order valence-electron chi connectivity index (χ4n) is 3.33. The van der Waals surface area contributed by atoms with E-state index in [0.717, 1.165) is 25.7 Å². The van der Waals surface area contributed by atoms with Gasteiger partial charge in [0.2, 0.25) is 15.9 Å². The number of hydrogen-bond acceptors (Lipinski definition) is 4. The van der Waals surface area contributed by atoms with E-state index in [0.29, 0.717) is 13.1 Å². The molecule has 0 radical (unpaired) electrons. The van der Waals surface area contributed by atoms with Gasteiger partial charge in [0.15, 0.2) is 0 Å². The van der Waals surface area contributed by atoms with Gasteiger partial charge in [-0.3, -0.25) is 9.59 Å². The van der Waals surface area contributed by atoms with E-state index in [1.165, 1.54) is 28.9 Å². The van der Waals surface area contributed by atoms with Crippen LogP contribution in [-0.2, 0) is 14.8 Å². The maximum absolute atomic E-state index is 12.7. The van der Waals surface area contributed by atoms with Gasteiger partial charge in [-0.1, -0.05) is 44.7 Å². The second kappa shape index (κ2) is 10.2. The lowest BCUT2D eigenvalue weighted by atomic mass is 9.95. The van der Waals surface area contributed by atoms with Crippen LogP contribution in [0, 0.1) is 0 Å². The Morgan fingerprint density at radius 1 is 1.14 bits per heavy atom. The quantitative estimate of drug-likeness (QED) is 0.663. The molecule has 0 heterocycles. The molecule has 0 saturated heterocycles. The van der Waals surface area contributed by atoms with Crippen LogP contribution in [0.4, 0.5) is 0 Å². The summed E-state index contributed by atoms with van der Waals surface area (Å²) in [6.45, 7) is 3.91. The molecular weight excluding hydrogens is 402 g/mol. The van der Waals surface area contributed by atoms with Gasteiger partial charge < -0.3 is 10.6 Å². The molecule has 1 fully saturated rings. The lowest BCUT2D eigenvalue weighted by Crippen LogP contribution is -2.42. The van der Waals surface area contributed by atoms with Crippen LogP contribution in [0.1, 0.15) is 56.3 Å². The standard InChI is InChI=1S/C19H28ClN3O4S/c1-3-23(4-2)28(26,27)17-12-14(10-11-16(17)20)19(25)21-13-18(24)22-15-8-6-5-7-9-15/h10-12,15H,3-9,13H2,1-2H3,(H,21,25)(H,22,24). The van der Waals surface area contributed by atoms with Gasteiger partial charge in [-0.25, -0.2) is 8.42 Å². The molecule has 2 N–H and O–H groups in total. The van der Waals surface area contributed by atoms with E-state index in [-0.39, 0.29) is 34.0 Å². The third-order valence-corrected chi connectivity index (χ3v) is 7.43. The fourth-order valence-corrected chi connectivity index (χ4v) is 5.29. The average molecular weight is 430 g/mol. The number of halogens is 1. The lowest BCUT2D eigenvalue weighted by Gasteiger charge is -2.22. The molecule has 2 rings (SSSR count). The van der Waals surface area contributed by atoms with Crippen molar-refractivity contribution in [3.8, 4) is 0 Å². The third kappa shape index (κ3) is 5.68. The Bertz CT molecular complexity index is 803. The van der Waals surface area contributed by atoms with Gasteiger partial charge in [0.1, 0.15) is 4.90 Å². The average Bonchev–Trinajstić information content (AvgIpc) is 2.68. The minimum Gasteiger partial charge on any atom is -0.352 e. The molecule has 156 valence electrons. The van der Waals surface area contributed by atoms with Crippen LogP contribution in [0.25, 0.3) is 0 Å². The first-order valence-corrected chi connectivity index (χ1v) is 11.5. The second-order valence-corrected chi connectivity index (χ2v) is 9.13. The minimum atomic E-state index is -3.80. The van der Waals surface area contributed by atoms with Gasteiger partial charge in [0.25, 0.3) is 5.91 Å². The Kier molecular flexibility index (Phi) is 8.27. The first-order chi connectivity index (χ1) is 13.3. The Morgan fingerprint density at radius 2 is 1.79 bits per heavy atom. The predicted octanol–water partition coefficient (Wildman–Crippen LogP) is 2.55. The summed E-state index contributed by atoms with van der Waals surface area (Å²) in [5, 5.41) is 5.52. The molecule has 1 saturated carbocycles. The summed E-state index contributed by atoms with van der Waals surface area (Å²) in [7, 11) is -3.80. The van der Waals surface area contributed by atoms with E-state index >= 15 is 0 Å². The third-order valence-electron chi connectivity index (χ3n) is 4.90. The molecule has 2 amide bonds. The van der Waals surface area contributed by atoms with Crippen molar-refractivity contribution in [3.63, 3.8) is 0 Å². The number of hydrogen-bond donors (Lipinski definition) is 2. The Morgan fingerprint density at radius 3 is 2.39 bits per heavy atom. The van der Waals surface area contributed by atoms with Crippen LogP contribution in [-0.4, -0.2) is 50.2 Å². The first kappa shape index (κ1) is 22.6. The highest BCUT2D eigenvalue weighted by atomic mass is 35.5. The lowest BCUT2D eigenvalue weighted by molar-refractivity contribution is -0.121. The number of nitrogens with zero attached hydrogens (tertiary/aromatic N) is 1. The predicted molar refractivity (Wildman–Crippen MR) is 109 cm³/mol. The summed E-state index contributed by atoms with van der Waals surface area (Å²) < 4.78 is 26.7. The SMILES string of the molecule is CCN(CC)S(=O)(=O)c1cc(C(=O)NCC(=O)NC2CCCCC2)ccc1Cl. The van der Waals surface area contributed by atoms with Crippen molar-refractivity contribution in [3.05, 3.63) is 28.8 Å². The molecule has 7 nitrogen and oxygen atoms in total. The number of rotatable bonds is 8. The topological polar surface area (TPSA) is 95.6 Å². The van der Waals surface area contributed by atoms with Gasteiger partial charge in [-0.05, 0) is 31.0 Å². The number of benzene rings is 1. The summed E-state index contributed by atoms with van der Waals surface area (Å²) in [5.41, 5.74) is 0.139. The fraction of sp³-hybridized carbons (Fsp3) is 0.579. The Balaban J connectivity index is 2.04. The van der Waals surface area contributed by atoms with E-state index in [1.807, 2.05) is 0 Å². The van der Waals surface area contributed by atoms with Crippen LogP contribution in [0.3, 0.4) is 0 Å². The van der Waals surface area contributed by atoms with Crippen molar-refractivity contribution < 1.29 is 18.0 Å². The number of carbonyl (C=O) groups excluding carboxylic acids is 2. The summed E-state index contributed by atoms with van der Waals surface area (Å²) in [6, 6.07) is 4.25. The van der Waals surface area contributed by atoms with Crippen molar-refractivity contribution in [1.82, 2.24) is 14.9 Å². The first-order valence-electron chi connectivity index (χ1n) is 9.66. The van der Waals surface area contributed by atoms with Gasteiger partial charge >= 0.3 is 0 Å². The number of carbonyl (C=O) groups is 2. The maximum Gasteiger partial charge on any atom is 0.251 e. The van der Waals surface area contributed by atoms with Crippen LogP contribution >= 0.6 is 11.6 Å².